The van der Waals surface area contributed by atoms with Crippen LogP contribution in [0.4, 0.5) is 0 Å². The molecule has 0 unspecified atom stereocenters. The fraction of sp³-hybridized carbons (Fsp3) is 0.111. The Morgan fingerprint density at radius 1 is 1.54 bits per heavy atom. The summed E-state index contributed by atoms with van der Waals surface area (Å²) in [6.07, 6.45) is 0.637. The van der Waals surface area contributed by atoms with Crippen LogP contribution in [0.15, 0.2) is 16.6 Å². The summed E-state index contributed by atoms with van der Waals surface area (Å²) < 4.78 is 0.612. The van der Waals surface area contributed by atoms with E-state index in [0.29, 0.717) is 26.9 Å². The summed E-state index contributed by atoms with van der Waals surface area (Å²) in [7, 11) is 0. The van der Waals surface area contributed by atoms with Crippen LogP contribution in [0.2, 0.25) is 5.02 Å². The highest BCUT2D eigenvalue weighted by Crippen LogP contribution is 2.25. The number of carbonyl (C=O) groups excluding carboxylic acids is 2. The molecule has 0 saturated carbocycles. The molecule has 0 saturated heterocycles. The summed E-state index contributed by atoms with van der Waals surface area (Å²) in [5, 5.41) is 0.427. The zero-order valence-electron chi connectivity index (χ0n) is 6.80. The van der Waals surface area contributed by atoms with E-state index < -0.39 is 0 Å². The van der Waals surface area contributed by atoms with E-state index in [-0.39, 0.29) is 5.78 Å². The maximum Gasteiger partial charge on any atom is 0.160 e. The molecule has 0 heterocycles. The molecule has 0 fully saturated rings. The zero-order valence-corrected chi connectivity index (χ0v) is 9.15. The topological polar surface area (TPSA) is 34.1 Å². The lowest BCUT2D eigenvalue weighted by Gasteiger charge is -2.02. The van der Waals surface area contributed by atoms with Gasteiger partial charge in [-0.3, -0.25) is 9.59 Å². The first-order valence-corrected chi connectivity index (χ1v) is 4.68. The Balaban J connectivity index is 3.41. The van der Waals surface area contributed by atoms with Gasteiger partial charge in [-0.05, 0) is 35.0 Å². The zero-order chi connectivity index (χ0) is 10.0. The average Bonchev–Trinajstić information content (AvgIpc) is 2.08. The Bertz CT molecular complexity index is 374. The average molecular weight is 262 g/mol. The molecule has 1 aromatic carbocycles. The third-order valence-electron chi connectivity index (χ3n) is 1.60. The Kier molecular flexibility index (Phi) is 3.22. The van der Waals surface area contributed by atoms with E-state index in [1.807, 2.05) is 0 Å². The number of Topliss-reactive ketones (excluding diaryl/α,β-unsaturated/α-hetero) is 1. The second-order valence-corrected chi connectivity index (χ2v) is 3.79. The second-order valence-electron chi connectivity index (χ2n) is 2.53. The number of halogens is 2. The van der Waals surface area contributed by atoms with Crippen molar-refractivity contribution in [2.45, 2.75) is 6.92 Å². The van der Waals surface area contributed by atoms with Gasteiger partial charge < -0.3 is 0 Å². The highest BCUT2D eigenvalue weighted by atomic mass is 79.9. The van der Waals surface area contributed by atoms with E-state index in [9.17, 15) is 9.59 Å². The van der Waals surface area contributed by atoms with E-state index in [0.717, 1.165) is 0 Å². The van der Waals surface area contributed by atoms with Gasteiger partial charge in [0.2, 0.25) is 0 Å². The van der Waals surface area contributed by atoms with Crippen molar-refractivity contribution < 1.29 is 9.59 Å². The van der Waals surface area contributed by atoms with Gasteiger partial charge in [0.15, 0.2) is 12.1 Å². The van der Waals surface area contributed by atoms with Crippen LogP contribution in [-0.2, 0) is 0 Å². The summed E-state index contributed by atoms with van der Waals surface area (Å²) >= 11 is 8.94. The van der Waals surface area contributed by atoms with Crippen molar-refractivity contribution in [3.05, 3.63) is 32.8 Å². The van der Waals surface area contributed by atoms with E-state index >= 15 is 0 Å². The molecule has 0 amide bonds. The van der Waals surface area contributed by atoms with Gasteiger partial charge in [0, 0.05) is 15.6 Å². The van der Waals surface area contributed by atoms with Crippen molar-refractivity contribution in [1.29, 1.82) is 0 Å². The van der Waals surface area contributed by atoms with Crippen molar-refractivity contribution in [2.75, 3.05) is 0 Å². The molecule has 0 aliphatic heterocycles. The van der Waals surface area contributed by atoms with Crippen LogP contribution in [0, 0.1) is 0 Å². The lowest BCUT2D eigenvalue weighted by atomic mass is 10.1. The first-order chi connectivity index (χ1) is 6.06. The van der Waals surface area contributed by atoms with Crippen LogP contribution in [0.3, 0.4) is 0 Å². The number of benzene rings is 1. The van der Waals surface area contributed by atoms with Crippen molar-refractivity contribution in [2.24, 2.45) is 0 Å². The molecular formula is C9H6BrClO2. The molecule has 0 aliphatic rings. The van der Waals surface area contributed by atoms with Crippen molar-refractivity contribution >= 4 is 39.6 Å². The number of carbonyl (C=O) groups is 2. The normalized spacial score (nSPS) is 9.77. The van der Waals surface area contributed by atoms with Crippen LogP contribution in [0.5, 0.6) is 0 Å². The minimum absolute atomic E-state index is 0.170. The van der Waals surface area contributed by atoms with E-state index in [1.54, 1.807) is 0 Å². The van der Waals surface area contributed by atoms with E-state index in [4.69, 9.17) is 11.6 Å². The predicted octanol–water partition coefficient (Wildman–Crippen LogP) is 3.12. The SMILES string of the molecule is CC(=O)c1cc(Cl)c(Br)cc1C=O. The molecule has 0 spiro atoms. The predicted molar refractivity (Wildman–Crippen MR) is 54.5 cm³/mol. The largest absolute Gasteiger partial charge is 0.298 e. The number of rotatable bonds is 2. The Morgan fingerprint density at radius 3 is 2.62 bits per heavy atom. The van der Waals surface area contributed by atoms with Crippen molar-refractivity contribution in [1.82, 2.24) is 0 Å². The highest BCUT2D eigenvalue weighted by molar-refractivity contribution is 9.10. The third kappa shape index (κ3) is 2.17. The Labute approximate surface area is 89.0 Å². The van der Waals surface area contributed by atoms with Crippen molar-refractivity contribution in [3.8, 4) is 0 Å². The first-order valence-electron chi connectivity index (χ1n) is 3.51. The molecule has 2 nitrogen and oxygen atoms in total. The van der Waals surface area contributed by atoms with Gasteiger partial charge in [0.25, 0.3) is 0 Å². The summed E-state index contributed by atoms with van der Waals surface area (Å²) in [5.41, 5.74) is 0.701. The lowest BCUT2D eigenvalue weighted by Crippen LogP contribution is -1.98. The van der Waals surface area contributed by atoms with E-state index in [2.05, 4.69) is 15.9 Å². The third-order valence-corrected chi connectivity index (χ3v) is 2.80. The summed E-state index contributed by atoms with van der Waals surface area (Å²) in [6.45, 7) is 1.40. The molecular weight excluding hydrogens is 255 g/mol. The number of aldehydes is 1. The quantitative estimate of drug-likeness (QED) is 0.605. The van der Waals surface area contributed by atoms with Gasteiger partial charge in [0.1, 0.15) is 0 Å². The van der Waals surface area contributed by atoms with Gasteiger partial charge in [-0.1, -0.05) is 11.6 Å². The molecule has 68 valence electrons. The molecule has 1 rings (SSSR count). The maximum absolute atomic E-state index is 11.1. The monoisotopic (exact) mass is 260 g/mol. The number of hydrogen-bond donors (Lipinski definition) is 0. The summed E-state index contributed by atoms with van der Waals surface area (Å²) in [6, 6.07) is 3.02. The fourth-order valence-corrected chi connectivity index (χ4v) is 1.49. The van der Waals surface area contributed by atoms with Gasteiger partial charge in [-0.15, -0.1) is 0 Å². The minimum atomic E-state index is -0.170. The van der Waals surface area contributed by atoms with Gasteiger partial charge >= 0.3 is 0 Å². The van der Waals surface area contributed by atoms with Gasteiger partial charge in [-0.2, -0.15) is 0 Å². The maximum atomic E-state index is 11.1. The Morgan fingerprint density at radius 2 is 2.15 bits per heavy atom. The molecule has 0 radical (unpaired) electrons. The van der Waals surface area contributed by atoms with Crippen LogP contribution in [0.25, 0.3) is 0 Å². The number of hydrogen-bond acceptors (Lipinski definition) is 2. The van der Waals surface area contributed by atoms with Crippen LogP contribution >= 0.6 is 27.5 Å². The molecule has 0 atom stereocenters. The molecule has 0 bridgehead atoms. The minimum Gasteiger partial charge on any atom is -0.298 e. The highest BCUT2D eigenvalue weighted by Gasteiger charge is 2.09. The molecule has 13 heavy (non-hydrogen) atoms. The summed E-state index contributed by atoms with van der Waals surface area (Å²) in [5.74, 6) is -0.170. The van der Waals surface area contributed by atoms with Gasteiger partial charge in [0.05, 0.1) is 5.02 Å². The number of ketones is 1. The molecule has 4 heteroatoms. The molecule has 1 aromatic rings. The summed E-state index contributed by atoms with van der Waals surface area (Å²) in [4.78, 5) is 21.6. The molecule has 0 N–H and O–H groups in total. The fourth-order valence-electron chi connectivity index (χ4n) is 0.965. The lowest BCUT2D eigenvalue weighted by molar-refractivity contribution is 0.101. The van der Waals surface area contributed by atoms with Crippen LogP contribution < -0.4 is 0 Å². The van der Waals surface area contributed by atoms with Crippen molar-refractivity contribution in [3.63, 3.8) is 0 Å². The van der Waals surface area contributed by atoms with E-state index in [1.165, 1.54) is 19.1 Å². The molecule has 0 aliphatic carbocycles. The smallest absolute Gasteiger partial charge is 0.160 e. The Hall–Kier alpha value is -0.670. The second kappa shape index (κ2) is 4.03. The van der Waals surface area contributed by atoms with Gasteiger partial charge in [-0.25, -0.2) is 0 Å². The first kappa shape index (κ1) is 10.4. The standard InChI is InChI=1S/C9H6BrClO2/c1-5(13)7-3-9(11)8(10)2-6(7)4-12/h2-4H,1H3. The molecule has 0 aromatic heterocycles. The van der Waals surface area contributed by atoms with Crippen LogP contribution in [0.1, 0.15) is 27.6 Å². The van der Waals surface area contributed by atoms with Crippen LogP contribution in [-0.4, -0.2) is 12.1 Å².